The SMILES string of the molecule is Cc1cnc(Nc2ccc(OCCN3CCCC3)cc2)nc1Nc1cccc(SN)c1. The smallest absolute Gasteiger partial charge is 0.229 e. The fourth-order valence-corrected chi connectivity index (χ4v) is 3.83. The molecule has 4 rings (SSSR count). The fourth-order valence-electron chi connectivity index (χ4n) is 3.48. The highest BCUT2D eigenvalue weighted by Gasteiger charge is 2.11. The van der Waals surface area contributed by atoms with Crippen LogP contribution in [-0.2, 0) is 0 Å². The van der Waals surface area contributed by atoms with E-state index in [-0.39, 0.29) is 0 Å². The van der Waals surface area contributed by atoms with Gasteiger partial charge in [-0.25, -0.2) is 4.98 Å². The summed E-state index contributed by atoms with van der Waals surface area (Å²) in [5, 5.41) is 12.3. The number of nitrogens with two attached hydrogens (primary N) is 1. The maximum atomic E-state index is 5.87. The lowest BCUT2D eigenvalue weighted by Gasteiger charge is -2.15. The monoisotopic (exact) mass is 436 g/mol. The lowest BCUT2D eigenvalue weighted by Crippen LogP contribution is -2.25. The number of likely N-dealkylation sites (tertiary alicyclic amines) is 1. The van der Waals surface area contributed by atoms with Crippen molar-refractivity contribution in [3.63, 3.8) is 0 Å². The predicted molar refractivity (Wildman–Crippen MR) is 127 cm³/mol. The van der Waals surface area contributed by atoms with Crippen LogP contribution in [0.25, 0.3) is 0 Å². The summed E-state index contributed by atoms with van der Waals surface area (Å²) < 4.78 is 5.87. The van der Waals surface area contributed by atoms with Crippen molar-refractivity contribution in [3.05, 3.63) is 60.3 Å². The molecular formula is C23H28N6OS. The number of rotatable bonds is 9. The largest absolute Gasteiger partial charge is 0.492 e. The molecule has 1 aliphatic heterocycles. The molecule has 0 radical (unpaired) electrons. The van der Waals surface area contributed by atoms with Crippen molar-refractivity contribution in [3.8, 4) is 5.75 Å². The zero-order chi connectivity index (χ0) is 21.5. The zero-order valence-electron chi connectivity index (χ0n) is 17.7. The molecule has 3 aromatic rings. The molecule has 7 nitrogen and oxygen atoms in total. The average molecular weight is 437 g/mol. The molecule has 0 amide bonds. The van der Waals surface area contributed by atoms with Gasteiger partial charge in [0.25, 0.3) is 0 Å². The second-order valence-corrected chi connectivity index (χ2v) is 8.25. The van der Waals surface area contributed by atoms with Gasteiger partial charge in [0.2, 0.25) is 5.95 Å². The molecule has 0 atom stereocenters. The van der Waals surface area contributed by atoms with Crippen molar-refractivity contribution in [1.29, 1.82) is 0 Å². The van der Waals surface area contributed by atoms with E-state index < -0.39 is 0 Å². The molecule has 0 bridgehead atoms. The third-order valence-corrected chi connectivity index (χ3v) is 5.72. The standard InChI is InChI=1S/C23H28N6OS/c1-17-16-25-23(28-22(17)26-19-5-4-6-21(15-19)31-24)27-18-7-9-20(10-8-18)30-14-13-29-11-2-3-12-29/h4-10,15-16H,2-3,11-14,24H2,1H3,(H2,25,26,27,28). The van der Waals surface area contributed by atoms with Gasteiger partial charge in [0.1, 0.15) is 18.2 Å². The van der Waals surface area contributed by atoms with Crippen molar-refractivity contribution >= 4 is 35.1 Å². The van der Waals surface area contributed by atoms with Crippen LogP contribution < -0.4 is 20.5 Å². The first-order chi connectivity index (χ1) is 15.2. The highest BCUT2D eigenvalue weighted by Crippen LogP contribution is 2.24. The Bertz CT molecular complexity index is 992. The van der Waals surface area contributed by atoms with E-state index in [1.165, 1.54) is 37.9 Å². The Hall–Kier alpha value is -2.81. The first-order valence-electron chi connectivity index (χ1n) is 10.5. The van der Waals surface area contributed by atoms with Crippen LogP contribution in [0.2, 0.25) is 0 Å². The second kappa shape index (κ2) is 10.5. The summed E-state index contributed by atoms with van der Waals surface area (Å²) in [6, 6.07) is 15.8. The van der Waals surface area contributed by atoms with E-state index >= 15 is 0 Å². The number of hydrogen-bond donors (Lipinski definition) is 3. The molecule has 162 valence electrons. The number of anilines is 4. The minimum absolute atomic E-state index is 0.528. The first-order valence-corrected chi connectivity index (χ1v) is 11.4. The molecule has 8 heteroatoms. The van der Waals surface area contributed by atoms with Gasteiger partial charge in [-0.15, -0.1) is 0 Å². The molecule has 0 spiro atoms. The van der Waals surface area contributed by atoms with Crippen molar-refractivity contribution in [2.75, 3.05) is 36.9 Å². The van der Waals surface area contributed by atoms with E-state index in [0.29, 0.717) is 12.6 Å². The number of benzene rings is 2. The Morgan fingerprint density at radius 1 is 1.06 bits per heavy atom. The van der Waals surface area contributed by atoms with Crippen LogP contribution in [0.4, 0.5) is 23.1 Å². The minimum Gasteiger partial charge on any atom is -0.492 e. The quantitative estimate of drug-likeness (QED) is 0.416. The lowest BCUT2D eigenvalue weighted by atomic mass is 10.3. The number of hydrogen-bond acceptors (Lipinski definition) is 8. The van der Waals surface area contributed by atoms with Crippen LogP contribution in [-0.4, -0.2) is 41.1 Å². The summed E-state index contributed by atoms with van der Waals surface area (Å²) in [6.07, 6.45) is 4.41. The Balaban J connectivity index is 1.35. The summed E-state index contributed by atoms with van der Waals surface area (Å²) in [6.45, 7) is 6.06. The third kappa shape index (κ3) is 6.10. The van der Waals surface area contributed by atoms with Gasteiger partial charge < -0.3 is 15.4 Å². The fraction of sp³-hybridized carbons (Fsp3) is 0.304. The average Bonchev–Trinajstić information content (AvgIpc) is 3.31. The minimum atomic E-state index is 0.528. The van der Waals surface area contributed by atoms with Gasteiger partial charge in [0.05, 0.1) is 0 Å². The highest BCUT2D eigenvalue weighted by molar-refractivity contribution is 7.97. The molecule has 2 heterocycles. The van der Waals surface area contributed by atoms with E-state index in [1.54, 1.807) is 6.20 Å². The Kier molecular flexibility index (Phi) is 7.24. The number of nitrogens with one attached hydrogen (secondary N) is 2. The van der Waals surface area contributed by atoms with Gasteiger partial charge in [-0.05, 0) is 87.3 Å². The number of aromatic nitrogens is 2. The van der Waals surface area contributed by atoms with Gasteiger partial charge in [0.15, 0.2) is 0 Å². The molecule has 2 aromatic carbocycles. The van der Waals surface area contributed by atoms with Crippen molar-refractivity contribution in [1.82, 2.24) is 14.9 Å². The summed E-state index contributed by atoms with van der Waals surface area (Å²) in [5.74, 6) is 2.15. The number of ether oxygens (including phenoxy) is 1. The molecule has 1 aromatic heterocycles. The van der Waals surface area contributed by atoms with Gasteiger partial charge in [-0.3, -0.25) is 10.0 Å². The summed E-state index contributed by atoms with van der Waals surface area (Å²) in [5.41, 5.74) is 2.79. The molecule has 0 aliphatic carbocycles. The Labute approximate surface area is 187 Å². The van der Waals surface area contributed by atoms with Gasteiger partial charge in [0, 0.05) is 34.6 Å². The Morgan fingerprint density at radius 3 is 2.65 bits per heavy atom. The van der Waals surface area contributed by atoms with Crippen LogP contribution in [0.15, 0.2) is 59.6 Å². The van der Waals surface area contributed by atoms with Crippen molar-refractivity contribution in [2.24, 2.45) is 5.14 Å². The second-order valence-electron chi connectivity index (χ2n) is 7.54. The zero-order valence-corrected chi connectivity index (χ0v) is 18.5. The predicted octanol–water partition coefficient (Wildman–Crippen LogP) is 4.71. The van der Waals surface area contributed by atoms with Crippen LogP contribution in [0.5, 0.6) is 5.75 Å². The molecule has 0 saturated carbocycles. The van der Waals surface area contributed by atoms with E-state index in [2.05, 4.69) is 25.5 Å². The Morgan fingerprint density at radius 2 is 1.87 bits per heavy atom. The lowest BCUT2D eigenvalue weighted by molar-refractivity contribution is 0.238. The maximum absolute atomic E-state index is 5.87. The number of nitrogens with zero attached hydrogens (tertiary/aromatic N) is 3. The maximum Gasteiger partial charge on any atom is 0.229 e. The van der Waals surface area contributed by atoms with E-state index in [9.17, 15) is 0 Å². The summed E-state index contributed by atoms with van der Waals surface area (Å²) in [7, 11) is 0. The van der Waals surface area contributed by atoms with Crippen LogP contribution in [0, 0.1) is 6.92 Å². The highest BCUT2D eigenvalue weighted by atomic mass is 32.2. The van der Waals surface area contributed by atoms with Gasteiger partial charge >= 0.3 is 0 Å². The van der Waals surface area contributed by atoms with Crippen LogP contribution in [0.1, 0.15) is 18.4 Å². The summed E-state index contributed by atoms with van der Waals surface area (Å²) >= 11 is 1.22. The van der Waals surface area contributed by atoms with Gasteiger partial charge in [-0.1, -0.05) is 6.07 Å². The third-order valence-electron chi connectivity index (χ3n) is 5.19. The molecule has 1 aliphatic rings. The van der Waals surface area contributed by atoms with Crippen molar-refractivity contribution in [2.45, 2.75) is 24.7 Å². The van der Waals surface area contributed by atoms with Crippen molar-refractivity contribution < 1.29 is 4.74 Å². The van der Waals surface area contributed by atoms with Crippen LogP contribution >= 0.6 is 11.9 Å². The molecule has 31 heavy (non-hydrogen) atoms. The first kappa shape index (κ1) is 21.4. The molecule has 0 unspecified atom stereocenters. The molecule has 1 fully saturated rings. The van der Waals surface area contributed by atoms with Gasteiger partial charge in [-0.2, -0.15) is 4.98 Å². The summed E-state index contributed by atoms with van der Waals surface area (Å²) in [4.78, 5) is 12.5. The topological polar surface area (TPSA) is 88.3 Å². The van der Waals surface area contributed by atoms with E-state index in [4.69, 9.17) is 9.88 Å². The van der Waals surface area contributed by atoms with E-state index in [1.807, 2.05) is 55.5 Å². The molecule has 4 N–H and O–H groups in total. The molecule has 1 saturated heterocycles. The number of aryl methyl sites for hydroxylation is 1. The molecular weight excluding hydrogens is 408 g/mol. The normalized spacial score (nSPS) is 13.9. The van der Waals surface area contributed by atoms with E-state index in [0.717, 1.165) is 39.9 Å². The van der Waals surface area contributed by atoms with Crippen LogP contribution in [0.3, 0.4) is 0 Å².